The number of piperidine rings is 1. The summed E-state index contributed by atoms with van der Waals surface area (Å²) in [6.07, 6.45) is 6.15. The molecule has 4 rings (SSSR count). The maximum Gasteiger partial charge on any atom is 0.229 e. The summed E-state index contributed by atoms with van der Waals surface area (Å²) < 4.78 is 6.14. The minimum absolute atomic E-state index is 0.00630. The Morgan fingerprint density at radius 1 is 1.18 bits per heavy atom. The molecule has 2 aromatic carbocycles. The summed E-state index contributed by atoms with van der Waals surface area (Å²) in [5.74, 6) is 0.269. The molecular weight excluding hydrogens is 453 g/mol. The van der Waals surface area contributed by atoms with E-state index in [1.54, 1.807) is 0 Å². The normalized spacial score (nSPS) is 28.7. The molecule has 0 unspecified atom stereocenters. The minimum atomic E-state index is -0.538. The van der Waals surface area contributed by atoms with Crippen LogP contribution in [0, 0.1) is 5.41 Å². The van der Waals surface area contributed by atoms with Gasteiger partial charge in [-0.2, -0.15) is 0 Å². The molecule has 33 heavy (non-hydrogen) atoms. The lowest BCUT2D eigenvalue weighted by atomic mass is 9.66. The molecule has 0 aliphatic carbocycles. The van der Waals surface area contributed by atoms with Crippen LogP contribution in [0.1, 0.15) is 69.0 Å². The van der Waals surface area contributed by atoms with Crippen LogP contribution in [0.5, 0.6) is 0 Å². The molecule has 2 aliphatic heterocycles. The van der Waals surface area contributed by atoms with E-state index in [1.165, 1.54) is 0 Å². The van der Waals surface area contributed by atoms with Gasteiger partial charge in [0.25, 0.3) is 0 Å². The highest BCUT2D eigenvalue weighted by Gasteiger charge is 2.52. The van der Waals surface area contributed by atoms with E-state index in [2.05, 4.69) is 43.5 Å². The first-order valence-corrected chi connectivity index (χ1v) is 12.7. The third-order valence-electron chi connectivity index (χ3n) is 7.35. The van der Waals surface area contributed by atoms with Crippen LogP contribution in [0.4, 0.5) is 0 Å². The van der Waals surface area contributed by atoms with Crippen molar-refractivity contribution in [1.82, 2.24) is 4.90 Å². The topological polar surface area (TPSA) is 29.5 Å². The lowest BCUT2D eigenvalue weighted by Crippen LogP contribution is -2.58. The zero-order valence-corrected chi connectivity index (χ0v) is 21.0. The number of ether oxygens (including phenoxy) is 1. The predicted octanol–water partition coefficient (Wildman–Crippen LogP) is 7.59. The Hall–Kier alpha value is -1.81. The maximum atomic E-state index is 14.3. The number of carbonyl (C=O) groups is 1. The zero-order valence-electron chi connectivity index (χ0n) is 19.5. The average Bonchev–Trinajstić information content (AvgIpc) is 3.33. The number of benzene rings is 2. The van der Waals surface area contributed by atoms with Crippen LogP contribution < -0.4 is 0 Å². The predicted molar refractivity (Wildman–Crippen MR) is 136 cm³/mol. The minimum Gasteiger partial charge on any atom is -0.376 e. The van der Waals surface area contributed by atoms with E-state index in [-0.39, 0.29) is 30.0 Å². The van der Waals surface area contributed by atoms with Crippen LogP contribution in [0.15, 0.2) is 61.2 Å². The van der Waals surface area contributed by atoms with E-state index in [0.29, 0.717) is 16.5 Å². The number of halogens is 2. The molecule has 0 aromatic heterocycles. The standard InChI is InChI=1S/C28H33Cl2NO2/c1-4-15-28(3)18-23(20-8-6-9-22(30)17-20)26(19-11-13-21(29)14-12-19)31(27(28)32)24(5-2)25-10-7-16-33-25/h4,6,8-9,11-14,17,23-26H,1,5,7,10,15-16,18H2,2-3H3/t23-,24+,25-,26-,28+/m1/s1. The fourth-order valence-corrected chi connectivity index (χ4v) is 6.12. The number of allylic oxidation sites excluding steroid dienone is 1. The van der Waals surface area contributed by atoms with E-state index in [1.807, 2.05) is 36.4 Å². The zero-order chi connectivity index (χ0) is 23.6. The smallest absolute Gasteiger partial charge is 0.229 e. The quantitative estimate of drug-likeness (QED) is 0.378. The molecule has 5 heteroatoms. The van der Waals surface area contributed by atoms with Gasteiger partial charge in [0.1, 0.15) is 0 Å². The molecule has 3 nitrogen and oxygen atoms in total. The van der Waals surface area contributed by atoms with Crippen LogP contribution in [0.25, 0.3) is 0 Å². The van der Waals surface area contributed by atoms with Crippen molar-refractivity contribution in [2.24, 2.45) is 5.41 Å². The molecule has 176 valence electrons. The molecule has 0 spiro atoms. The lowest BCUT2D eigenvalue weighted by molar-refractivity contribution is -0.158. The Balaban J connectivity index is 1.89. The van der Waals surface area contributed by atoms with Crippen molar-refractivity contribution < 1.29 is 9.53 Å². The summed E-state index contributed by atoms with van der Waals surface area (Å²) >= 11 is 12.7. The van der Waals surface area contributed by atoms with E-state index >= 15 is 0 Å². The molecule has 0 radical (unpaired) electrons. The molecule has 2 aromatic rings. The summed E-state index contributed by atoms with van der Waals surface area (Å²) in [6, 6.07) is 15.9. The van der Waals surface area contributed by atoms with Crippen LogP contribution in [-0.2, 0) is 9.53 Å². The van der Waals surface area contributed by atoms with Crippen molar-refractivity contribution >= 4 is 29.1 Å². The molecule has 0 N–H and O–H groups in total. The van der Waals surface area contributed by atoms with Gasteiger partial charge in [-0.25, -0.2) is 0 Å². The fourth-order valence-electron chi connectivity index (χ4n) is 5.80. The van der Waals surface area contributed by atoms with Crippen LogP contribution in [0.2, 0.25) is 10.0 Å². The van der Waals surface area contributed by atoms with Gasteiger partial charge in [0.15, 0.2) is 0 Å². The van der Waals surface area contributed by atoms with Gasteiger partial charge in [0.05, 0.1) is 23.6 Å². The summed E-state index contributed by atoms with van der Waals surface area (Å²) in [4.78, 5) is 16.4. The Bertz CT molecular complexity index is 986. The van der Waals surface area contributed by atoms with Crippen molar-refractivity contribution in [3.63, 3.8) is 0 Å². The highest BCUT2D eigenvalue weighted by molar-refractivity contribution is 6.30. The van der Waals surface area contributed by atoms with E-state index in [0.717, 1.165) is 43.4 Å². The highest BCUT2D eigenvalue weighted by Crippen LogP contribution is 2.52. The first kappa shape index (κ1) is 24.3. The van der Waals surface area contributed by atoms with Crippen molar-refractivity contribution in [3.05, 3.63) is 82.4 Å². The fraction of sp³-hybridized carbons (Fsp3) is 0.464. The third-order valence-corrected chi connectivity index (χ3v) is 7.84. The second-order valence-electron chi connectivity index (χ2n) is 9.65. The van der Waals surface area contributed by atoms with Gasteiger partial charge in [-0.3, -0.25) is 4.79 Å². The van der Waals surface area contributed by atoms with Gasteiger partial charge in [-0.15, -0.1) is 6.58 Å². The second kappa shape index (κ2) is 10.2. The number of nitrogens with zero attached hydrogens (tertiary/aromatic N) is 1. The summed E-state index contributed by atoms with van der Waals surface area (Å²) in [5.41, 5.74) is 1.70. The van der Waals surface area contributed by atoms with Gasteiger partial charge in [0.2, 0.25) is 5.91 Å². The Morgan fingerprint density at radius 3 is 2.55 bits per heavy atom. The van der Waals surface area contributed by atoms with Gasteiger partial charge in [-0.1, -0.05) is 67.4 Å². The first-order chi connectivity index (χ1) is 15.9. The number of amides is 1. The first-order valence-electron chi connectivity index (χ1n) is 11.9. The number of hydrogen-bond donors (Lipinski definition) is 0. The van der Waals surface area contributed by atoms with Gasteiger partial charge in [0, 0.05) is 22.6 Å². The van der Waals surface area contributed by atoms with Gasteiger partial charge in [-0.05, 0) is 67.5 Å². The maximum absolute atomic E-state index is 14.3. The number of carbonyl (C=O) groups excluding carboxylic acids is 1. The Morgan fingerprint density at radius 2 is 1.94 bits per heavy atom. The molecular formula is C28H33Cl2NO2. The molecule has 2 heterocycles. The van der Waals surface area contributed by atoms with E-state index < -0.39 is 5.41 Å². The van der Waals surface area contributed by atoms with Crippen molar-refractivity contribution in [2.75, 3.05) is 6.61 Å². The number of hydrogen-bond acceptors (Lipinski definition) is 2. The van der Waals surface area contributed by atoms with Gasteiger partial charge >= 0.3 is 0 Å². The Kier molecular flexibility index (Phi) is 7.53. The summed E-state index contributed by atoms with van der Waals surface area (Å²) in [6.45, 7) is 8.97. The third kappa shape index (κ3) is 4.87. The SMILES string of the molecule is C=CC[C@@]1(C)C[C@H](c2cccc(Cl)c2)[C@@H](c2ccc(Cl)cc2)N([C@@H](CC)[C@H]2CCCO2)C1=O. The molecule has 0 saturated carbocycles. The molecule has 0 bridgehead atoms. The summed E-state index contributed by atoms with van der Waals surface area (Å²) in [7, 11) is 0. The van der Waals surface area contributed by atoms with Crippen molar-refractivity contribution in [3.8, 4) is 0 Å². The van der Waals surface area contributed by atoms with E-state index in [9.17, 15) is 4.79 Å². The largest absolute Gasteiger partial charge is 0.376 e. The number of rotatable bonds is 7. The lowest BCUT2D eigenvalue weighted by Gasteiger charge is -2.53. The van der Waals surface area contributed by atoms with Crippen molar-refractivity contribution in [1.29, 1.82) is 0 Å². The summed E-state index contributed by atoms with van der Waals surface area (Å²) in [5, 5.41) is 1.40. The van der Waals surface area contributed by atoms with E-state index in [4.69, 9.17) is 27.9 Å². The highest BCUT2D eigenvalue weighted by atomic mass is 35.5. The van der Waals surface area contributed by atoms with Crippen LogP contribution >= 0.6 is 23.2 Å². The van der Waals surface area contributed by atoms with Crippen molar-refractivity contribution in [2.45, 2.75) is 70.1 Å². The van der Waals surface area contributed by atoms with Crippen LogP contribution in [-0.4, -0.2) is 29.6 Å². The molecule has 2 aliphatic rings. The molecule has 2 fully saturated rings. The Labute approximate surface area is 207 Å². The second-order valence-corrected chi connectivity index (χ2v) is 10.5. The van der Waals surface area contributed by atoms with Gasteiger partial charge < -0.3 is 9.64 Å². The molecule has 5 atom stereocenters. The number of likely N-dealkylation sites (tertiary alicyclic amines) is 1. The van der Waals surface area contributed by atoms with Crippen LogP contribution in [0.3, 0.4) is 0 Å². The average molecular weight is 486 g/mol. The molecule has 2 saturated heterocycles. The monoisotopic (exact) mass is 485 g/mol. The molecule has 1 amide bonds.